The standard InChI is InChI=1S/C16H19N3O4/c1-9(2)13(16(21)22-3)19-14(20)15-18-8-12(23-15)10-4-6-11(17)7-5-10/h4-9,13H,17H2,1-3H3,(H,19,20). The van der Waals surface area contributed by atoms with Crippen molar-refractivity contribution in [3.8, 4) is 11.3 Å². The summed E-state index contributed by atoms with van der Waals surface area (Å²) in [6.07, 6.45) is 1.45. The van der Waals surface area contributed by atoms with Gasteiger partial charge < -0.3 is 20.2 Å². The van der Waals surface area contributed by atoms with Gasteiger partial charge in [-0.15, -0.1) is 0 Å². The van der Waals surface area contributed by atoms with Crippen molar-refractivity contribution in [2.75, 3.05) is 12.8 Å². The summed E-state index contributed by atoms with van der Waals surface area (Å²) in [6, 6.07) is 6.22. The van der Waals surface area contributed by atoms with Crippen LogP contribution < -0.4 is 11.1 Å². The molecule has 2 rings (SSSR count). The highest BCUT2D eigenvalue weighted by Gasteiger charge is 2.27. The van der Waals surface area contributed by atoms with Crippen LogP contribution in [0.5, 0.6) is 0 Å². The number of ether oxygens (including phenoxy) is 1. The number of benzene rings is 1. The summed E-state index contributed by atoms with van der Waals surface area (Å²) >= 11 is 0. The largest absolute Gasteiger partial charge is 0.467 e. The molecule has 1 unspecified atom stereocenters. The molecule has 1 aromatic carbocycles. The van der Waals surface area contributed by atoms with Crippen molar-refractivity contribution in [2.24, 2.45) is 5.92 Å². The first-order chi connectivity index (χ1) is 10.9. The normalized spacial score (nSPS) is 12.0. The summed E-state index contributed by atoms with van der Waals surface area (Å²) < 4.78 is 10.1. The van der Waals surface area contributed by atoms with E-state index in [2.05, 4.69) is 15.0 Å². The van der Waals surface area contributed by atoms with Crippen molar-refractivity contribution in [3.05, 3.63) is 36.4 Å². The van der Waals surface area contributed by atoms with E-state index >= 15 is 0 Å². The third kappa shape index (κ3) is 3.88. The lowest BCUT2D eigenvalue weighted by Crippen LogP contribution is -2.45. The summed E-state index contributed by atoms with van der Waals surface area (Å²) in [5.74, 6) is -0.895. The summed E-state index contributed by atoms with van der Waals surface area (Å²) in [6.45, 7) is 3.61. The van der Waals surface area contributed by atoms with Gasteiger partial charge in [-0.1, -0.05) is 13.8 Å². The molecule has 0 fully saturated rings. The third-order valence-corrected chi connectivity index (χ3v) is 3.30. The molecule has 0 saturated heterocycles. The number of carbonyl (C=O) groups is 2. The number of hydrogen-bond acceptors (Lipinski definition) is 6. The van der Waals surface area contributed by atoms with Gasteiger partial charge in [-0.3, -0.25) is 4.79 Å². The number of aromatic nitrogens is 1. The third-order valence-electron chi connectivity index (χ3n) is 3.30. The molecule has 1 amide bonds. The van der Waals surface area contributed by atoms with Crippen molar-refractivity contribution >= 4 is 17.6 Å². The molecule has 23 heavy (non-hydrogen) atoms. The number of nitrogens with one attached hydrogen (secondary N) is 1. The maximum absolute atomic E-state index is 12.2. The van der Waals surface area contributed by atoms with Gasteiger partial charge in [0.25, 0.3) is 5.89 Å². The van der Waals surface area contributed by atoms with Crippen LogP contribution in [-0.2, 0) is 9.53 Å². The van der Waals surface area contributed by atoms with Crippen molar-refractivity contribution in [2.45, 2.75) is 19.9 Å². The number of esters is 1. The minimum absolute atomic E-state index is 0.119. The maximum Gasteiger partial charge on any atom is 0.328 e. The Morgan fingerprint density at radius 3 is 2.48 bits per heavy atom. The zero-order chi connectivity index (χ0) is 17.0. The van der Waals surface area contributed by atoms with Crippen LogP contribution in [0.2, 0.25) is 0 Å². The lowest BCUT2D eigenvalue weighted by molar-refractivity contribution is -0.144. The molecule has 0 saturated carbocycles. The molecule has 1 aromatic heterocycles. The van der Waals surface area contributed by atoms with E-state index < -0.39 is 17.9 Å². The van der Waals surface area contributed by atoms with Gasteiger partial charge in [0.05, 0.1) is 13.3 Å². The molecule has 0 aliphatic heterocycles. The molecule has 7 heteroatoms. The van der Waals surface area contributed by atoms with Crippen LogP contribution in [0.4, 0.5) is 5.69 Å². The zero-order valence-corrected chi connectivity index (χ0v) is 13.2. The summed E-state index contributed by atoms with van der Waals surface area (Å²) in [5, 5.41) is 2.57. The van der Waals surface area contributed by atoms with Gasteiger partial charge in [-0.2, -0.15) is 0 Å². The van der Waals surface area contributed by atoms with Crippen LogP contribution in [-0.4, -0.2) is 30.0 Å². The molecule has 2 aromatic rings. The Bertz CT molecular complexity index is 692. The second kappa shape index (κ2) is 6.95. The number of oxazole rings is 1. The Labute approximate surface area is 133 Å². The minimum atomic E-state index is -0.764. The smallest absolute Gasteiger partial charge is 0.328 e. The minimum Gasteiger partial charge on any atom is -0.467 e. The average molecular weight is 317 g/mol. The number of nitrogens with zero attached hydrogens (tertiary/aromatic N) is 1. The first-order valence-electron chi connectivity index (χ1n) is 7.12. The molecular formula is C16H19N3O4. The number of anilines is 1. The lowest BCUT2D eigenvalue weighted by atomic mass is 10.0. The Morgan fingerprint density at radius 1 is 1.26 bits per heavy atom. The van der Waals surface area contributed by atoms with Gasteiger partial charge in [0, 0.05) is 11.3 Å². The van der Waals surface area contributed by atoms with Crippen molar-refractivity contribution in [3.63, 3.8) is 0 Å². The van der Waals surface area contributed by atoms with Crippen LogP contribution >= 0.6 is 0 Å². The van der Waals surface area contributed by atoms with E-state index in [4.69, 9.17) is 10.2 Å². The van der Waals surface area contributed by atoms with Crippen LogP contribution in [0.15, 0.2) is 34.9 Å². The van der Waals surface area contributed by atoms with Gasteiger partial charge in [0.15, 0.2) is 5.76 Å². The second-order valence-electron chi connectivity index (χ2n) is 5.37. The molecule has 0 aliphatic carbocycles. The fourth-order valence-corrected chi connectivity index (χ4v) is 1.99. The predicted molar refractivity (Wildman–Crippen MR) is 84.5 cm³/mol. The second-order valence-corrected chi connectivity index (χ2v) is 5.37. The van der Waals surface area contributed by atoms with Gasteiger partial charge in [-0.05, 0) is 30.2 Å². The molecular weight excluding hydrogens is 298 g/mol. The Kier molecular flexibility index (Phi) is 5.00. The van der Waals surface area contributed by atoms with Crippen molar-refractivity contribution in [1.29, 1.82) is 0 Å². The number of amides is 1. The van der Waals surface area contributed by atoms with Gasteiger partial charge in [-0.25, -0.2) is 9.78 Å². The zero-order valence-electron chi connectivity index (χ0n) is 13.2. The number of nitrogens with two attached hydrogens (primary N) is 1. The van der Waals surface area contributed by atoms with Gasteiger partial charge >= 0.3 is 11.9 Å². The van der Waals surface area contributed by atoms with Crippen LogP contribution in [0, 0.1) is 5.92 Å². The SMILES string of the molecule is COC(=O)C(NC(=O)c1ncc(-c2ccc(N)cc2)o1)C(C)C. The lowest BCUT2D eigenvalue weighted by Gasteiger charge is -2.18. The first kappa shape index (κ1) is 16.5. The molecule has 7 nitrogen and oxygen atoms in total. The molecule has 1 heterocycles. The van der Waals surface area contributed by atoms with Gasteiger partial charge in [0.1, 0.15) is 6.04 Å². The number of nitrogen functional groups attached to an aromatic ring is 1. The fraction of sp³-hybridized carbons (Fsp3) is 0.312. The highest BCUT2D eigenvalue weighted by molar-refractivity contribution is 5.93. The fourth-order valence-electron chi connectivity index (χ4n) is 1.99. The highest BCUT2D eigenvalue weighted by atomic mass is 16.5. The van der Waals surface area contributed by atoms with E-state index in [1.165, 1.54) is 13.3 Å². The van der Waals surface area contributed by atoms with E-state index in [0.717, 1.165) is 5.56 Å². The van der Waals surface area contributed by atoms with Gasteiger partial charge in [0.2, 0.25) is 0 Å². The summed E-state index contributed by atoms with van der Waals surface area (Å²) in [7, 11) is 1.27. The number of hydrogen-bond donors (Lipinski definition) is 2. The Morgan fingerprint density at radius 2 is 1.91 bits per heavy atom. The quantitative estimate of drug-likeness (QED) is 0.643. The molecule has 1 atom stereocenters. The number of carbonyl (C=O) groups excluding carboxylic acids is 2. The molecule has 122 valence electrons. The molecule has 0 radical (unpaired) electrons. The van der Waals surface area contributed by atoms with E-state index in [0.29, 0.717) is 11.4 Å². The van der Waals surface area contributed by atoms with Crippen molar-refractivity contribution in [1.82, 2.24) is 10.3 Å². The van der Waals surface area contributed by atoms with Crippen LogP contribution in [0.1, 0.15) is 24.5 Å². The Balaban J connectivity index is 2.14. The topological polar surface area (TPSA) is 107 Å². The average Bonchev–Trinajstić information content (AvgIpc) is 3.02. The predicted octanol–water partition coefficient (Wildman–Crippen LogP) is 1.85. The summed E-state index contributed by atoms with van der Waals surface area (Å²) in [5.41, 5.74) is 7.01. The number of methoxy groups -OCH3 is 1. The summed E-state index contributed by atoms with van der Waals surface area (Å²) in [4.78, 5) is 27.8. The van der Waals surface area contributed by atoms with E-state index in [1.54, 1.807) is 38.1 Å². The highest BCUT2D eigenvalue weighted by Crippen LogP contribution is 2.21. The monoisotopic (exact) mass is 317 g/mol. The molecule has 0 spiro atoms. The Hall–Kier alpha value is -2.83. The van der Waals surface area contributed by atoms with E-state index in [1.807, 2.05) is 0 Å². The molecule has 0 bridgehead atoms. The van der Waals surface area contributed by atoms with Crippen LogP contribution in [0.3, 0.4) is 0 Å². The van der Waals surface area contributed by atoms with E-state index in [-0.39, 0.29) is 11.8 Å². The van der Waals surface area contributed by atoms with Crippen LogP contribution in [0.25, 0.3) is 11.3 Å². The van der Waals surface area contributed by atoms with Crippen molar-refractivity contribution < 1.29 is 18.7 Å². The molecule has 3 N–H and O–H groups in total. The maximum atomic E-state index is 12.2. The molecule has 0 aliphatic rings. The number of rotatable bonds is 5. The van der Waals surface area contributed by atoms with E-state index in [9.17, 15) is 9.59 Å². The first-order valence-corrected chi connectivity index (χ1v) is 7.12.